The van der Waals surface area contributed by atoms with E-state index in [1.807, 2.05) is 19.1 Å². The Kier molecular flexibility index (Phi) is 7.18. The first-order valence-electron chi connectivity index (χ1n) is 6.63. The fourth-order valence-corrected chi connectivity index (χ4v) is 1.70. The number of ether oxygens (including phenoxy) is 1. The Morgan fingerprint density at radius 3 is 2.75 bits per heavy atom. The first-order chi connectivity index (χ1) is 9.56. The van der Waals surface area contributed by atoms with Crippen LogP contribution in [0.15, 0.2) is 24.3 Å². The number of carbonyl (C=O) groups excluding carboxylic acids is 1. The normalized spacial score (nSPS) is 13.4. The fraction of sp³-hybridized carbons (Fsp3) is 0.500. The second-order valence-corrected chi connectivity index (χ2v) is 4.92. The number of halogens is 1. The average Bonchev–Trinajstić information content (AvgIpc) is 2.45. The second-order valence-electron chi connectivity index (χ2n) is 4.52. The average molecular weight is 301 g/mol. The van der Waals surface area contributed by atoms with Crippen molar-refractivity contribution in [3.63, 3.8) is 0 Å². The lowest BCUT2D eigenvalue weighted by molar-refractivity contribution is 0.186. The van der Waals surface area contributed by atoms with Gasteiger partial charge in [0, 0.05) is 0 Å². The number of hydrogen-bond donors (Lipinski definition) is 3. The van der Waals surface area contributed by atoms with E-state index in [0.29, 0.717) is 17.3 Å². The minimum absolute atomic E-state index is 0.0965. The van der Waals surface area contributed by atoms with Gasteiger partial charge < -0.3 is 20.5 Å². The largest absolute Gasteiger partial charge is 0.487 e. The lowest BCUT2D eigenvalue weighted by Crippen LogP contribution is -2.45. The lowest BCUT2D eigenvalue weighted by Gasteiger charge is -2.20. The summed E-state index contributed by atoms with van der Waals surface area (Å²) < 4.78 is 5.75. The van der Waals surface area contributed by atoms with Gasteiger partial charge in [0.05, 0.1) is 24.2 Å². The molecule has 0 aliphatic carbocycles. The van der Waals surface area contributed by atoms with Crippen LogP contribution in [0.25, 0.3) is 0 Å². The number of urea groups is 1. The SMILES string of the molecule is CCC(CNC(=O)NC(C)CO)Oc1ccccc1Cl. The predicted molar refractivity (Wildman–Crippen MR) is 79.2 cm³/mol. The summed E-state index contributed by atoms with van der Waals surface area (Å²) in [6.45, 7) is 3.96. The van der Waals surface area contributed by atoms with Crippen molar-refractivity contribution in [3.8, 4) is 5.75 Å². The summed E-state index contributed by atoms with van der Waals surface area (Å²) in [4.78, 5) is 11.5. The zero-order chi connectivity index (χ0) is 15.0. The molecule has 0 spiro atoms. The molecule has 0 aliphatic heterocycles. The number of aliphatic hydroxyl groups is 1. The number of rotatable bonds is 7. The van der Waals surface area contributed by atoms with Crippen LogP contribution in [-0.2, 0) is 0 Å². The maximum absolute atomic E-state index is 11.5. The van der Waals surface area contributed by atoms with Crippen molar-refractivity contribution < 1.29 is 14.6 Å². The van der Waals surface area contributed by atoms with Crippen molar-refractivity contribution in [2.24, 2.45) is 0 Å². The van der Waals surface area contributed by atoms with Crippen LogP contribution >= 0.6 is 11.6 Å². The van der Waals surface area contributed by atoms with Gasteiger partial charge in [0.15, 0.2) is 0 Å². The van der Waals surface area contributed by atoms with Gasteiger partial charge in [-0.25, -0.2) is 4.79 Å². The summed E-state index contributed by atoms with van der Waals surface area (Å²) in [7, 11) is 0. The van der Waals surface area contributed by atoms with Crippen molar-refractivity contribution in [1.29, 1.82) is 0 Å². The van der Waals surface area contributed by atoms with E-state index in [0.717, 1.165) is 6.42 Å². The third-order valence-electron chi connectivity index (χ3n) is 2.73. The molecule has 0 heterocycles. The zero-order valence-corrected chi connectivity index (χ0v) is 12.5. The Morgan fingerprint density at radius 1 is 1.45 bits per heavy atom. The molecule has 2 amide bonds. The molecule has 2 unspecified atom stereocenters. The Balaban J connectivity index is 2.44. The quantitative estimate of drug-likeness (QED) is 0.723. The highest BCUT2D eigenvalue weighted by molar-refractivity contribution is 6.32. The molecule has 1 rings (SSSR count). The molecule has 20 heavy (non-hydrogen) atoms. The second kappa shape index (κ2) is 8.66. The molecule has 1 aromatic rings. The van der Waals surface area contributed by atoms with E-state index in [4.69, 9.17) is 21.4 Å². The Bertz CT molecular complexity index is 429. The van der Waals surface area contributed by atoms with Gasteiger partial charge in [-0.05, 0) is 25.5 Å². The van der Waals surface area contributed by atoms with E-state index in [9.17, 15) is 4.79 Å². The Hall–Kier alpha value is -1.46. The zero-order valence-electron chi connectivity index (χ0n) is 11.7. The van der Waals surface area contributed by atoms with Gasteiger partial charge in [0.1, 0.15) is 11.9 Å². The highest BCUT2D eigenvalue weighted by Crippen LogP contribution is 2.24. The van der Waals surface area contributed by atoms with Gasteiger partial charge in [0.25, 0.3) is 0 Å². The first-order valence-corrected chi connectivity index (χ1v) is 7.01. The number of amides is 2. The van der Waals surface area contributed by atoms with Crippen molar-refractivity contribution in [2.75, 3.05) is 13.2 Å². The highest BCUT2D eigenvalue weighted by atomic mass is 35.5. The van der Waals surface area contributed by atoms with E-state index >= 15 is 0 Å². The molecular weight excluding hydrogens is 280 g/mol. The van der Waals surface area contributed by atoms with Crippen LogP contribution < -0.4 is 15.4 Å². The van der Waals surface area contributed by atoms with Gasteiger partial charge in [-0.1, -0.05) is 30.7 Å². The van der Waals surface area contributed by atoms with Gasteiger partial charge in [0.2, 0.25) is 0 Å². The monoisotopic (exact) mass is 300 g/mol. The van der Waals surface area contributed by atoms with Crippen LogP contribution in [-0.4, -0.2) is 36.4 Å². The molecule has 0 radical (unpaired) electrons. The molecule has 2 atom stereocenters. The first kappa shape index (κ1) is 16.6. The van der Waals surface area contributed by atoms with Crippen LogP contribution in [0.1, 0.15) is 20.3 Å². The van der Waals surface area contributed by atoms with Gasteiger partial charge in [-0.2, -0.15) is 0 Å². The molecule has 0 saturated carbocycles. The van der Waals surface area contributed by atoms with Crippen molar-refractivity contribution >= 4 is 17.6 Å². The summed E-state index contributed by atoms with van der Waals surface area (Å²) in [6, 6.07) is 6.62. The molecule has 5 nitrogen and oxygen atoms in total. The maximum Gasteiger partial charge on any atom is 0.315 e. The fourth-order valence-electron chi connectivity index (χ4n) is 1.52. The summed E-state index contributed by atoms with van der Waals surface area (Å²) in [5.74, 6) is 0.604. The summed E-state index contributed by atoms with van der Waals surface area (Å²) in [6.07, 6.45) is 0.575. The highest BCUT2D eigenvalue weighted by Gasteiger charge is 2.12. The molecule has 1 aromatic carbocycles. The molecular formula is C14H21ClN2O3. The molecule has 0 aliphatic rings. The molecule has 0 saturated heterocycles. The van der Waals surface area contributed by atoms with Crippen LogP contribution in [0, 0.1) is 0 Å². The minimum Gasteiger partial charge on any atom is -0.487 e. The van der Waals surface area contributed by atoms with E-state index in [1.54, 1.807) is 19.1 Å². The van der Waals surface area contributed by atoms with E-state index in [2.05, 4.69) is 10.6 Å². The molecule has 6 heteroatoms. The summed E-state index contributed by atoms with van der Waals surface area (Å²) >= 11 is 6.02. The number of para-hydroxylation sites is 1. The standard InChI is InChI=1S/C14H21ClN2O3/c1-3-11(8-16-14(19)17-10(2)9-18)20-13-7-5-4-6-12(13)15/h4-7,10-11,18H,3,8-9H2,1-2H3,(H2,16,17,19). The summed E-state index contributed by atoms with van der Waals surface area (Å²) in [5, 5.41) is 14.7. The van der Waals surface area contributed by atoms with Gasteiger partial charge >= 0.3 is 6.03 Å². The van der Waals surface area contributed by atoms with Crippen LogP contribution in [0.4, 0.5) is 4.79 Å². The molecule has 0 aromatic heterocycles. The van der Waals surface area contributed by atoms with E-state index in [1.165, 1.54) is 0 Å². The minimum atomic E-state index is -0.326. The van der Waals surface area contributed by atoms with Crippen molar-refractivity contribution in [3.05, 3.63) is 29.3 Å². The third-order valence-corrected chi connectivity index (χ3v) is 3.04. The predicted octanol–water partition coefficient (Wildman–Crippen LogP) is 2.18. The number of aliphatic hydroxyl groups excluding tert-OH is 1. The van der Waals surface area contributed by atoms with Gasteiger partial charge in [-0.3, -0.25) is 0 Å². The topological polar surface area (TPSA) is 70.6 Å². The van der Waals surface area contributed by atoms with E-state index in [-0.39, 0.29) is 24.8 Å². The molecule has 3 N–H and O–H groups in total. The molecule has 0 fully saturated rings. The Labute approximate surface area is 124 Å². The number of carbonyl (C=O) groups is 1. The van der Waals surface area contributed by atoms with Crippen LogP contribution in [0.3, 0.4) is 0 Å². The van der Waals surface area contributed by atoms with Gasteiger partial charge in [-0.15, -0.1) is 0 Å². The third kappa shape index (κ3) is 5.67. The van der Waals surface area contributed by atoms with E-state index < -0.39 is 0 Å². The number of benzene rings is 1. The Morgan fingerprint density at radius 2 is 2.15 bits per heavy atom. The van der Waals surface area contributed by atoms with Crippen LogP contribution in [0.2, 0.25) is 5.02 Å². The summed E-state index contributed by atoms with van der Waals surface area (Å²) in [5.41, 5.74) is 0. The van der Waals surface area contributed by atoms with Crippen molar-refractivity contribution in [2.45, 2.75) is 32.4 Å². The molecule has 0 bridgehead atoms. The van der Waals surface area contributed by atoms with Crippen LogP contribution in [0.5, 0.6) is 5.75 Å². The van der Waals surface area contributed by atoms with Crippen molar-refractivity contribution in [1.82, 2.24) is 10.6 Å². The number of nitrogens with one attached hydrogen (secondary N) is 2. The smallest absolute Gasteiger partial charge is 0.315 e. The maximum atomic E-state index is 11.5. The number of hydrogen-bond acceptors (Lipinski definition) is 3. The molecule has 112 valence electrons. The lowest BCUT2D eigenvalue weighted by atomic mass is 10.2.